The van der Waals surface area contributed by atoms with E-state index in [1.807, 2.05) is 0 Å². The lowest BCUT2D eigenvalue weighted by Crippen LogP contribution is -2.39. The van der Waals surface area contributed by atoms with Crippen LogP contribution in [0.2, 0.25) is 0 Å². The molecule has 0 aliphatic carbocycles. The summed E-state index contributed by atoms with van der Waals surface area (Å²) in [6, 6.07) is 8.70. The van der Waals surface area contributed by atoms with Gasteiger partial charge in [0.25, 0.3) is 0 Å². The molecule has 0 aliphatic heterocycles. The van der Waals surface area contributed by atoms with Crippen LogP contribution in [0.5, 0.6) is 11.5 Å². The van der Waals surface area contributed by atoms with Crippen LogP contribution >= 0.6 is 0 Å². The van der Waals surface area contributed by atoms with E-state index in [1.54, 1.807) is 24.3 Å². The summed E-state index contributed by atoms with van der Waals surface area (Å²) >= 11 is 0. The zero-order chi connectivity index (χ0) is 28.1. The summed E-state index contributed by atoms with van der Waals surface area (Å²) in [5, 5.41) is 2.73. The van der Waals surface area contributed by atoms with Gasteiger partial charge in [-0.15, -0.1) is 0 Å². The lowest BCUT2D eigenvalue weighted by molar-refractivity contribution is -0.153. The Morgan fingerprint density at radius 1 is 0.789 bits per heavy atom. The number of para-hydroxylation sites is 2. The molecule has 12 nitrogen and oxygen atoms in total. The number of nitrogens with one attached hydrogen (secondary N) is 1. The third kappa shape index (κ3) is 8.54. The maximum absolute atomic E-state index is 14.0. The molecule has 0 spiro atoms. The van der Waals surface area contributed by atoms with Gasteiger partial charge in [0, 0.05) is 6.07 Å². The number of methoxy groups -OCH3 is 4. The molecule has 0 saturated heterocycles. The number of benzene rings is 2. The summed E-state index contributed by atoms with van der Waals surface area (Å²) in [6.45, 7) is -0.744. The van der Waals surface area contributed by atoms with Crippen molar-refractivity contribution in [2.45, 2.75) is 6.04 Å². The van der Waals surface area contributed by atoms with Crippen LogP contribution in [0.3, 0.4) is 0 Å². The molecule has 2 rings (SSSR count). The number of ether oxygens (including phenoxy) is 6. The molecule has 206 valence electrons. The highest BCUT2D eigenvalue weighted by Crippen LogP contribution is 2.30. The molecule has 1 N–H and O–H groups in total. The van der Waals surface area contributed by atoms with Gasteiger partial charge >= 0.3 is 23.9 Å². The highest BCUT2D eigenvalue weighted by atomic mass is 19.1. The van der Waals surface area contributed by atoms with Gasteiger partial charge < -0.3 is 38.6 Å². The van der Waals surface area contributed by atoms with E-state index in [9.17, 15) is 23.6 Å². The van der Waals surface area contributed by atoms with Crippen molar-refractivity contribution in [3.63, 3.8) is 0 Å². The number of halogens is 1. The minimum absolute atomic E-state index is 0.0379. The van der Waals surface area contributed by atoms with Gasteiger partial charge in [0.1, 0.15) is 43.6 Å². The molecular weight excluding hydrogens is 507 g/mol. The quantitative estimate of drug-likeness (QED) is 0.162. The van der Waals surface area contributed by atoms with Crippen molar-refractivity contribution in [3.8, 4) is 11.5 Å². The molecule has 0 aromatic heterocycles. The SMILES string of the molecule is COC(=O)CN(CC(=O)OC)c1ccc(F)cc1OCCOc1ccccc1NC(C(=O)OC)C(=O)OC. The summed E-state index contributed by atoms with van der Waals surface area (Å²) < 4.78 is 44.1. The molecule has 0 saturated carbocycles. The zero-order valence-corrected chi connectivity index (χ0v) is 21.4. The number of carbonyl (C=O) groups is 4. The van der Waals surface area contributed by atoms with Crippen LogP contribution in [0.4, 0.5) is 15.8 Å². The van der Waals surface area contributed by atoms with Crippen LogP contribution in [-0.4, -0.2) is 84.7 Å². The molecule has 0 radical (unpaired) electrons. The van der Waals surface area contributed by atoms with Gasteiger partial charge in [0.2, 0.25) is 6.04 Å². The topological polar surface area (TPSA) is 139 Å². The van der Waals surface area contributed by atoms with Crippen molar-refractivity contribution in [2.24, 2.45) is 0 Å². The van der Waals surface area contributed by atoms with Crippen LogP contribution < -0.4 is 19.7 Å². The molecule has 0 heterocycles. The van der Waals surface area contributed by atoms with E-state index in [1.165, 1.54) is 25.2 Å². The van der Waals surface area contributed by atoms with E-state index < -0.39 is 35.7 Å². The number of esters is 4. The predicted molar refractivity (Wildman–Crippen MR) is 132 cm³/mol. The summed E-state index contributed by atoms with van der Waals surface area (Å²) in [7, 11) is 4.67. The summed E-state index contributed by atoms with van der Waals surface area (Å²) in [4.78, 5) is 49.1. The Labute approximate surface area is 218 Å². The van der Waals surface area contributed by atoms with Gasteiger partial charge in [-0.2, -0.15) is 0 Å². The van der Waals surface area contributed by atoms with Crippen molar-refractivity contribution >= 4 is 35.3 Å². The number of rotatable bonds is 14. The Morgan fingerprint density at radius 3 is 1.89 bits per heavy atom. The summed E-state index contributed by atoms with van der Waals surface area (Å²) in [6.07, 6.45) is 0. The summed E-state index contributed by atoms with van der Waals surface area (Å²) in [5.41, 5.74) is 0.561. The predicted octanol–water partition coefficient (Wildman–Crippen LogP) is 1.56. The number of hydrogen-bond donors (Lipinski definition) is 1. The van der Waals surface area contributed by atoms with Crippen LogP contribution in [0.1, 0.15) is 0 Å². The fourth-order valence-corrected chi connectivity index (χ4v) is 3.15. The van der Waals surface area contributed by atoms with E-state index in [0.29, 0.717) is 5.69 Å². The van der Waals surface area contributed by atoms with Gasteiger partial charge in [-0.25, -0.2) is 14.0 Å². The number of nitrogens with zero attached hydrogens (tertiary/aromatic N) is 1. The molecule has 0 aliphatic rings. The number of carbonyl (C=O) groups excluding carboxylic acids is 4. The van der Waals surface area contributed by atoms with E-state index in [4.69, 9.17) is 9.47 Å². The molecule has 0 fully saturated rings. The average molecular weight is 537 g/mol. The normalized spacial score (nSPS) is 10.3. The van der Waals surface area contributed by atoms with Gasteiger partial charge in [0.05, 0.1) is 39.8 Å². The van der Waals surface area contributed by atoms with Crippen molar-refractivity contribution in [2.75, 3.05) is 65.0 Å². The second-order valence-electron chi connectivity index (χ2n) is 7.44. The molecule has 0 unspecified atom stereocenters. The third-order valence-electron chi connectivity index (χ3n) is 5.02. The Kier molecular flexibility index (Phi) is 11.6. The Morgan fingerprint density at radius 2 is 1.34 bits per heavy atom. The van der Waals surface area contributed by atoms with E-state index in [2.05, 4.69) is 24.3 Å². The minimum Gasteiger partial charge on any atom is -0.488 e. The van der Waals surface area contributed by atoms with Crippen LogP contribution in [0.15, 0.2) is 42.5 Å². The third-order valence-corrected chi connectivity index (χ3v) is 5.02. The van der Waals surface area contributed by atoms with E-state index >= 15 is 0 Å². The molecule has 0 amide bonds. The average Bonchev–Trinajstić information content (AvgIpc) is 2.93. The molecule has 0 atom stereocenters. The Balaban J connectivity index is 2.14. The molecular formula is C25H29FN2O10. The van der Waals surface area contributed by atoms with Crippen LogP contribution in [-0.2, 0) is 38.1 Å². The fourth-order valence-electron chi connectivity index (χ4n) is 3.15. The van der Waals surface area contributed by atoms with Crippen molar-refractivity contribution in [3.05, 3.63) is 48.3 Å². The largest absolute Gasteiger partial charge is 0.488 e. The maximum atomic E-state index is 14.0. The Hall–Kier alpha value is -4.55. The molecule has 38 heavy (non-hydrogen) atoms. The van der Waals surface area contributed by atoms with Gasteiger partial charge in [0.15, 0.2) is 0 Å². The van der Waals surface area contributed by atoms with Crippen molar-refractivity contribution < 1.29 is 52.0 Å². The molecule has 2 aromatic carbocycles. The standard InChI is InChI=1S/C25H29FN2O10/c1-33-21(29)14-28(15-22(30)34-2)18-10-9-16(26)13-20(18)38-12-11-37-19-8-6-5-7-17(19)27-23(24(31)35-3)25(32)36-4/h5-10,13,23,27H,11-12,14-15H2,1-4H3. The lowest BCUT2D eigenvalue weighted by Gasteiger charge is -2.24. The molecule has 13 heteroatoms. The molecule has 0 bridgehead atoms. The first-order chi connectivity index (χ1) is 18.2. The van der Waals surface area contributed by atoms with Crippen LogP contribution in [0, 0.1) is 5.82 Å². The van der Waals surface area contributed by atoms with E-state index in [0.717, 1.165) is 26.4 Å². The van der Waals surface area contributed by atoms with Gasteiger partial charge in [-0.3, -0.25) is 9.59 Å². The molecule has 2 aromatic rings. The van der Waals surface area contributed by atoms with Gasteiger partial charge in [-0.05, 0) is 24.3 Å². The highest BCUT2D eigenvalue weighted by Gasteiger charge is 2.29. The fraction of sp³-hybridized carbons (Fsp3) is 0.360. The number of hydrogen-bond acceptors (Lipinski definition) is 12. The van der Waals surface area contributed by atoms with Crippen LogP contribution in [0.25, 0.3) is 0 Å². The second-order valence-corrected chi connectivity index (χ2v) is 7.44. The first kappa shape index (κ1) is 29.7. The highest BCUT2D eigenvalue weighted by molar-refractivity contribution is 6.02. The van der Waals surface area contributed by atoms with Crippen molar-refractivity contribution in [1.82, 2.24) is 0 Å². The monoisotopic (exact) mass is 536 g/mol. The minimum atomic E-state index is -1.42. The lowest BCUT2D eigenvalue weighted by atomic mass is 10.2. The van der Waals surface area contributed by atoms with Gasteiger partial charge in [-0.1, -0.05) is 12.1 Å². The first-order valence-electron chi connectivity index (χ1n) is 11.2. The second kappa shape index (κ2) is 14.9. The number of anilines is 2. The Bertz CT molecular complexity index is 1090. The summed E-state index contributed by atoms with van der Waals surface area (Å²) in [5.74, 6) is -3.24. The smallest absolute Gasteiger partial charge is 0.340 e. The zero-order valence-electron chi connectivity index (χ0n) is 21.4. The van der Waals surface area contributed by atoms with E-state index in [-0.39, 0.29) is 43.5 Å². The van der Waals surface area contributed by atoms with Crippen molar-refractivity contribution in [1.29, 1.82) is 0 Å². The first-order valence-corrected chi connectivity index (χ1v) is 11.2. The maximum Gasteiger partial charge on any atom is 0.340 e.